The summed E-state index contributed by atoms with van der Waals surface area (Å²) in [6, 6.07) is -4.74. The lowest BCUT2D eigenvalue weighted by Crippen LogP contribution is -2.59. The van der Waals surface area contributed by atoms with Gasteiger partial charge in [0.25, 0.3) is 0 Å². The zero-order valence-corrected chi connectivity index (χ0v) is 14.0. The Kier molecular flexibility index (Phi) is 9.80. The van der Waals surface area contributed by atoms with Crippen molar-refractivity contribution in [3.8, 4) is 0 Å². The van der Waals surface area contributed by atoms with Crippen molar-refractivity contribution in [2.45, 2.75) is 37.6 Å². The van der Waals surface area contributed by atoms with Crippen LogP contribution in [0.15, 0.2) is 0 Å². The summed E-state index contributed by atoms with van der Waals surface area (Å²) < 4.78 is 0. The van der Waals surface area contributed by atoms with E-state index in [1.165, 1.54) is 6.92 Å². The average molecular weight is 377 g/mol. The Morgan fingerprint density at radius 2 is 1.54 bits per heavy atom. The zero-order chi connectivity index (χ0) is 20.4. The fourth-order valence-electron chi connectivity index (χ4n) is 1.77. The lowest BCUT2D eigenvalue weighted by atomic mass is 10.1. The third-order valence-corrected chi connectivity index (χ3v) is 3.10. The molecule has 13 heteroatoms. The molecule has 0 saturated heterocycles. The van der Waals surface area contributed by atoms with Gasteiger partial charge in [0.05, 0.1) is 25.7 Å². The molecule has 0 aromatic heterocycles. The summed E-state index contributed by atoms with van der Waals surface area (Å²) in [4.78, 5) is 57.5. The van der Waals surface area contributed by atoms with Crippen LogP contribution in [-0.4, -0.2) is 82.3 Å². The first-order valence-corrected chi connectivity index (χ1v) is 7.43. The van der Waals surface area contributed by atoms with Crippen molar-refractivity contribution in [3.05, 3.63) is 0 Å². The summed E-state index contributed by atoms with van der Waals surface area (Å²) in [6.07, 6.45) is -2.06. The van der Waals surface area contributed by atoms with Crippen LogP contribution in [0, 0.1) is 0 Å². The number of hydrogen-bond donors (Lipinski definition) is 8. The molecule has 0 spiro atoms. The molecule has 0 heterocycles. The molecular formula is C13H23N5O8. The number of primary amides is 1. The molecule has 0 rings (SSSR count). The Morgan fingerprint density at radius 3 is 1.92 bits per heavy atom. The van der Waals surface area contributed by atoms with Crippen LogP contribution in [0.3, 0.4) is 0 Å². The minimum atomic E-state index is -1.67. The van der Waals surface area contributed by atoms with Gasteiger partial charge in [-0.2, -0.15) is 0 Å². The smallest absolute Gasteiger partial charge is 0.328 e. The SMILES string of the molecule is CC(O)C(NC(=O)CN)C(=O)NC(CC(N)=O)C(=O)NC(CO)C(=O)O. The molecule has 26 heavy (non-hydrogen) atoms. The molecule has 4 atom stereocenters. The molecule has 4 unspecified atom stereocenters. The van der Waals surface area contributed by atoms with E-state index in [2.05, 4.69) is 10.6 Å². The molecule has 0 aliphatic heterocycles. The van der Waals surface area contributed by atoms with E-state index in [1.54, 1.807) is 0 Å². The minimum Gasteiger partial charge on any atom is -0.480 e. The summed E-state index contributed by atoms with van der Waals surface area (Å²) in [6.45, 7) is -0.198. The second kappa shape index (κ2) is 11.0. The van der Waals surface area contributed by atoms with Gasteiger partial charge in [-0.15, -0.1) is 0 Å². The van der Waals surface area contributed by atoms with Crippen LogP contribution in [0.1, 0.15) is 13.3 Å². The molecule has 0 saturated carbocycles. The van der Waals surface area contributed by atoms with Crippen molar-refractivity contribution in [2.75, 3.05) is 13.2 Å². The van der Waals surface area contributed by atoms with Gasteiger partial charge in [-0.05, 0) is 6.92 Å². The van der Waals surface area contributed by atoms with Crippen LogP contribution in [0.2, 0.25) is 0 Å². The summed E-state index contributed by atoms with van der Waals surface area (Å²) in [5, 5.41) is 33.4. The Morgan fingerprint density at radius 1 is 1.00 bits per heavy atom. The van der Waals surface area contributed by atoms with Crippen molar-refractivity contribution < 1.29 is 39.3 Å². The minimum absolute atomic E-state index is 0.460. The second-order valence-corrected chi connectivity index (χ2v) is 5.30. The number of carboxylic acids is 1. The van der Waals surface area contributed by atoms with E-state index in [4.69, 9.17) is 21.7 Å². The lowest BCUT2D eigenvalue weighted by molar-refractivity contribution is -0.143. The van der Waals surface area contributed by atoms with Gasteiger partial charge in [0.1, 0.15) is 18.1 Å². The number of carbonyl (C=O) groups is 5. The molecule has 0 aliphatic rings. The number of carbonyl (C=O) groups excluding carboxylic acids is 4. The summed E-state index contributed by atoms with van der Waals surface area (Å²) >= 11 is 0. The maximum Gasteiger partial charge on any atom is 0.328 e. The molecule has 0 bridgehead atoms. The molecular weight excluding hydrogens is 354 g/mol. The maximum absolute atomic E-state index is 12.2. The molecule has 148 valence electrons. The zero-order valence-electron chi connectivity index (χ0n) is 14.0. The van der Waals surface area contributed by atoms with E-state index < -0.39 is 73.4 Å². The van der Waals surface area contributed by atoms with Gasteiger partial charge in [0.15, 0.2) is 0 Å². The van der Waals surface area contributed by atoms with Crippen molar-refractivity contribution in [1.29, 1.82) is 0 Å². The van der Waals surface area contributed by atoms with Gasteiger partial charge in [0, 0.05) is 0 Å². The van der Waals surface area contributed by atoms with Crippen LogP contribution in [0.25, 0.3) is 0 Å². The summed E-state index contributed by atoms with van der Waals surface area (Å²) in [5.41, 5.74) is 10.1. The number of amides is 4. The topological polar surface area (TPSA) is 234 Å². The van der Waals surface area contributed by atoms with E-state index in [9.17, 15) is 29.1 Å². The van der Waals surface area contributed by atoms with Crippen LogP contribution < -0.4 is 27.4 Å². The summed E-state index contributed by atoms with van der Waals surface area (Å²) in [7, 11) is 0. The first kappa shape index (κ1) is 23.2. The van der Waals surface area contributed by atoms with Gasteiger partial charge in [-0.1, -0.05) is 0 Å². The average Bonchev–Trinajstić information content (AvgIpc) is 2.54. The van der Waals surface area contributed by atoms with Gasteiger partial charge in [-0.25, -0.2) is 4.79 Å². The largest absolute Gasteiger partial charge is 0.480 e. The molecule has 10 N–H and O–H groups in total. The maximum atomic E-state index is 12.2. The standard InChI is InChI=1S/C13H23N5O8/c1-5(20)10(18-9(22)3-14)12(24)16-6(2-8(15)21)11(23)17-7(4-19)13(25)26/h5-7,10,19-20H,2-4,14H2,1H3,(H2,15,21)(H,16,24)(H,17,23)(H,18,22)(H,25,26). The predicted octanol–water partition coefficient (Wildman–Crippen LogP) is -5.27. The normalized spacial score (nSPS) is 15.1. The molecule has 13 nitrogen and oxygen atoms in total. The van der Waals surface area contributed by atoms with Gasteiger partial charge >= 0.3 is 5.97 Å². The Labute approximate surface area is 148 Å². The molecule has 0 fully saturated rings. The summed E-state index contributed by atoms with van der Waals surface area (Å²) in [5.74, 6) is -5.41. The van der Waals surface area contributed by atoms with Gasteiger partial charge in [-0.3, -0.25) is 19.2 Å². The Hall–Kier alpha value is -2.77. The lowest BCUT2D eigenvalue weighted by Gasteiger charge is -2.24. The van der Waals surface area contributed by atoms with Crippen LogP contribution in [0.5, 0.6) is 0 Å². The van der Waals surface area contributed by atoms with Crippen LogP contribution in [-0.2, 0) is 24.0 Å². The number of nitrogens with two attached hydrogens (primary N) is 2. The van der Waals surface area contributed by atoms with Crippen molar-refractivity contribution in [2.24, 2.45) is 11.5 Å². The third-order valence-electron chi connectivity index (χ3n) is 3.10. The molecule has 4 amide bonds. The Bertz CT molecular complexity index is 553. The number of nitrogens with one attached hydrogen (secondary N) is 3. The Balaban J connectivity index is 5.25. The van der Waals surface area contributed by atoms with E-state index in [1.807, 2.05) is 5.32 Å². The van der Waals surface area contributed by atoms with Crippen molar-refractivity contribution in [3.63, 3.8) is 0 Å². The monoisotopic (exact) mass is 377 g/mol. The van der Waals surface area contributed by atoms with E-state index in [-0.39, 0.29) is 0 Å². The highest BCUT2D eigenvalue weighted by Crippen LogP contribution is 1.99. The van der Waals surface area contributed by atoms with E-state index in [0.717, 1.165) is 0 Å². The number of rotatable bonds is 11. The van der Waals surface area contributed by atoms with Crippen molar-refractivity contribution in [1.82, 2.24) is 16.0 Å². The molecule has 0 aromatic rings. The quantitative estimate of drug-likeness (QED) is 0.171. The number of carboxylic acid groups (broad SMARTS) is 1. The first-order valence-electron chi connectivity index (χ1n) is 7.43. The van der Waals surface area contributed by atoms with E-state index >= 15 is 0 Å². The number of aliphatic hydroxyl groups excluding tert-OH is 2. The van der Waals surface area contributed by atoms with Crippen molar-refractivity contribution >= 4 is 29.6 Å². The number of hydrogen-bond acceptors (Lipinski definition) is 8. The number of aliphatic carboxylic acids is 1. The van der Waals surface area contributed by atoms with Gasteiger partial charge < -0.3 is 42.7 Å². The highest BCUT2D eigenvalue weighted by molar-refractivity contribution is 5.96. The molecule has 0 aromatic carbocycles. The van der Waals surface area contributed by atoms with Crippen LogP contribution in [0.4, 0.5) is 0 Å². The fraction of sp³-hybridized carbons (Fsp3) is 0.615. The van der Waals surface area contributed by atoms with E-state index in [0.29, 0.717) is 0 Å². The third kappa shape index (κ3) is 7.87. The van der Waals surface area contributed by atoms with Crippen LogP contribution >= 0.6 is 0 Å². The second-order valence-electron chi connectivity index (χ2n) is 5.30. The van der Waals surface area contributed by atoms with Gasteiger partial charge in [0.2, 0.25) is 23.6 Å². The highest BCUT2D eigenvalue weighted by Gasteiger charge is 2.32. The predicted molar refractivity (Wildman–Crippen MR) is 85.1 cm³/mol. The fourth-order valence-corrected chi connectivity index (χ4v) is 1.77. The highest BCUT2D eigenvalue weighted by atomic mass is 16.4. The molecule has 0 aliphatic carbocycles. The number of aliphatic hydroxyl groups is 2. The first-order chi connectivity index (χ1) is 12.0. The molecule has 0 radical (unpaired) electrons.